The Morgan fingerprint density at radius 1 is 1.30 bits per heavy atom. The first-order valence-electron chi connectivity index (χ1n) is 6.57. The number of hydrogen-bond donors (Lipinski definition) is 1. The van der Waals surface area contributed by atoms with Gasteiger partial charge in [-0.2, -0.15) is 0 Å². The van der Waals surface area contributed by atoms with Crippen molar-refractivity contribution in [3.8, 4) is 0 Å². The first-order valence-corrected chi connectivity index (χ1v) is 6.57. The number of hydrogen-bond acceptors (Lipinski definition) is 2. The molecule has 1 aromatic carbocycles. The summed E-state index contributed by atoms with van der Waals surface area (Å²) >= 11 is 0. The van der Waals surface area contributed by atoms with Crippen molar-refractivity contribution in [1.82, 2.24) is 4.57 Å². The Bertz CT molecular complexity index is 652. The van der Waals surface area contributed by atoms with E-state index in [1.807, 2.05) is 6.21 Å². The van der Waals surface area contributed by atoms with Gasteiger partial charge in [0.15, 0.2) is 0 Å². The molecule has 0 aliphatic heterocycles. The molecule has 0 aliphatic rings. The van der Waals surface area contributed by atoms with Gasteiger partial charge in [-0.05, 0) is 51.1 Å². The fraction of sp³-hybridized carbons (Fsp3) is 0.250. The van der Waals surface area contributed by atoms with Crippen LogP contribution in [-0.4, -0.2) is 21.9 Å². The van der Waals surface area contributed by atoms with Crippen LogP contribution < -0.4 is 0 Å². The van der Waals surface area contributed by atoms with Gasteiger partial charge in [-0.15, -0.1) is 0 Å². The van der Waals surface area contributed by atoms with Crippen LogP contribution in [0.25, 0.3) is 0 Å². The third-order valence-electron chi connectivity index (χ3n) is 3.40. The molecule has 0 radical (unpaired) electrons. The second-order valence-corrected chi connectivity index (χ2v) is 4.68. The molecule has 1 N–H and O–H groups in total. The first-order chi connectivity index (χ1) is 9.52. The van der Waals surface area contributed by atoms with Crippen molar-refractivity contribution in [3.63, 3.8) is 0 Å². The van der Waals surface area contributed by atoms with E-state index in [4.69, 9.17) is 5.11 Å². The van der Waals surface area contributed by atoms with Crippen LogP contribution in [0.3, 0.4) is 0 Å². The van der Waals surface area contributed by atoms with E-state index in [0.717, 1.165) is 17.8 Å². The summed E-state index contributed by atoms with van der Waals surface area (Å²) in [5.41, 5.74) is 4.51. The number of aromatic nitrogens is 1. The van der Waals surface area contributed by atoms with Gasteiger partial charge in [0.25, 0.3) is 0 Å². The standard InChI is InChI=1S/C16H18N2O2/c1-4-18-11(2)9-14(12(18)3)10-17-15-7-5-13(6-8-15)16(19)20/h5-10H,4H2,1-3H3,(H,19,20). The van der Waals surface area contributed by atoms with Crippen LogP contribution in [0, 0.1) is 13.8 Å². The molecule has 0 spiro atoms. The van der Waals surface area contributed by atoms with Gasteiger partial charge in [0.1, 0.15) is 0 Å². The maximum Gasteiger partial charge on any atom is 0.335 e. The van der Waals surface area contributed by atoms with Crippen molar-refractivity contribution in [2.24, 2.45) is 4.99 Å². The smallest absolute Gasteiger partial charge is 0.335 e. The number of aromatic carboxylic acids is 1. The lowest BCUT2D eigenvalue weighted by molar-refractivity contribution is 0.0697. The minimum absolute atomic E-state index is 0.271. The van der Waals surface area contributed by atoms with Crippen molar-refractivity contribution in [1.29, 1.82) is 0 Å². The maximum absolute atomic E-state index is 10.8. The average Bonchev–Trinajstić information content (AvgIpc) is 2.71. The molecule has 104 valence electrons. The summed E-state index contributed by atoms with van der Waals surface area (Å²) in [6, 6.07) is 8.64. The molecule has 0 saturated heterocycles. The van der Waals surface area contributed by atoms with Crippen molar-refractivity contribution < 1.29 is 9.90 Å². The number of aliphatic imine (C=N–C) groups is 1. The molecule has 4 nitrogen and oxygen atoms in total. The third kappa shape index (κ3) is 2.79. The zero-order chi connectivity index (χ0) is 14.7. The summed E-state index contributed by atoms with van der Waals surface area (Å²) in [7, 11) is 0. The summed E-state index contributed by atoms with van der Waals surface area (Å²) in [6.07, 6.45) is 1.82. The molecule has 0 atom stereocenters. The highest BCUT2D eigenvalue weighted by Crippen LogP contribution is 2.16. The molecular formula is C16H18N2O2. The minimum atomic E-state index is -0.924. The molecule has 0 unspecified atom stereocenters. The van der Waals surface area contributed by atoms with Gasteiger partial charge in [0, 0.05) is 29.7 Å². The zero-order valence-electron chi connectivity index (χ0n) is 11.9. The van der Waals surface area contributed by atoms with E-state index in [9.17, 15) is 4.79 Å². The molecular weight excluding hydrogens is 252 g/mol. The van der Waals surface area contributed by atoms with E-state index in [0.29, 0.717) is 0 Å². The SMILES string of the molecule is CCn1c(C)cc(C=Nc2ccc(C(=O)O)cc2)c1C. The summed E-state index contributed by atoms with van der Waals surface area (Å²) < 4.78 is 2.23. The Morgan fingerprint density at radius 2 is 1.95 bits per heavy atom. The fourth-order valence-corrected chi connectivity index (χ4v) is 2.28. The predicted molar refractivity (Wildman–Crippen MR) is 80.2 cm³/mol. The van der Waals surface area contributed by atoms with Gasteiger partial charge in [-0.3, -0.25) is 4.99 Å². The lowest BCUT2D eigenvalue weighted by Crippen LogP contribution is -1.99. The summed E-state index contributed by atoms with van der Waals surface area (Å²) in [6.45, 7) is 7.21. The highest BCUT2D eigenvalue weighted by atomic mass is 16.4. The quantitative estimate of drug-likeness (QED) is 0.863. The normalized spacial score (nSPS) is 11.2. The summed E-state index contributed by atoms with van der Waals surface area (Å²) in [4.78, 5) is 15.2. The Morgan fingerprint density at radius 3 is 2.45 bits per heavy atom. The van der Waals surface area contributed by atoms with Crippen LogP contribution in [-0.2, 0) is 6.54 Å². The fourth-order valence-electron chi connectivity index (χ4n) is 2.28. The van der Waals surface area contributed by atoms with Gasteiger partial charge < -0.3 is 9.67 Å². The van der Waals surface area contributed by atoms with Gasteiger partial charge in [-0.1, -0.05) is 0 Å². The topological polar surface area (TPSA) is 54.6 Å². The number of benzene rings is 1. The lowest BCUT2D eigenvalue weighted by Gasteiger charge is -2.04. The molecule has 0 bridgehead atoms. The number of nitrogens with zero attached hydrogens (tertiary/aromatic N) is 2. The Kier molecular flexibility index (Phi) is 4.03. The van der Waals surface area contributed by atoms with Crippen molar-refractivity contribution in [2.45, 2.75) is 27.3 Å². The van der Waals surface area contributed by atoms with Crippen LogP contribution in [0.15, 0.2) is 35.3 Å². The molecule has 0 amide bonds. The second-order valence-electron chi connectivity index (χ2n) is 4.68. The van der Waals surface area contributed by atoms with Gasteiger partial charge in [0.05, 0.1) is 11.3 Å². The number of carbonyl (C=O) groups is 1. The third-order valence-corrected chi connectivity index (χ3v) is 3.40. The monoisotopic (exact) mass is 270 g/mol. The van der Waals surface area contributed by atoms with E-state index in [1.54, 1.807) is 24.3 Å². The number of carboxylic acid groups (broad SMARTS) is 1. The summed E-state index contributed by atoms with van der Waals surface area (Å²) in [5, 5.41) is 8.84. The van der Waals surface area contributed by atoms with Gasteiger partial charge >= 0.3 is 5.97 Å². The molecule has 2 rings (SSSR count). The second kappa shape index (κ2) is 5.74. The molecule has 0 aliphatic carbocycles. The number of aryl methyl sites for hydroxylation is 1. The largest absolute Gasteiger partial charge is 0.478 e. The molecule has 2 aromatic rings. The van der Waals surface area contributed by atoms with Gasteiger partial charge in [-0.25, -0.2) is 4.79 Å². The molecule has 1 heterocycles. The Labute approximate surface area is 118 Å². The van der Waals surface area contributed by atoms with Gasteiger partial charge in [0.2, 0.25) is 0 Å². The van der Waals surface area contributed by atoms with Crippen molar-refractivity contribution >= 4 is 17.9 Å². The lowest BCUT2D eigenvalue weighted by atomic mass is 10.2. The highest BCUT2D eigenvalue weighted by molar-refractivity contribution is 5.88. The highest BCUT2D eigenvalue weighted by Gasteiger charge is 2.05. The van der Waals surface area contributed by atoms with Crippen molar-refractivity contribution in [3.05, 3.63) is 52.8 Å². The number of rotatable bonds is 4. The van der Waals surface area contributed by atoms with Crippen LogP contribution in [0.1, 0.15) is 34.2 Å². The minimum Gasteiger partial charge on any atom is -0.478 e. The van der Waals surface area contributed by atoms with Crippen LogP contribution in [0.4, 0.5) is 5.69 Å². The first kappa shape index (κ1) is 14.1. The summed E-state index contributed by atoms with van der Waals surface area (Å²) in [5.74, 6) is -0.924. The van der Waals surface area contributed by atoms with E-state index in [-0.39, 0.29) is 5.56 Å². The Hall–Kier alpha value is -2.36. The van der Waals surface area contributed by atoms with E-state index < -0.39 is 5.97 Å². The van der Waals surface area contributed by atoms with E-state index in [2.05, 4.69) is 36.4 Å². The molecule has 0 fully saturated rings. The van der Waals surface area contributed by atoms with E-state index in [1.165, 1.54) is 11.4 Å². The maximum atomic E-state index is 10.8. The molecule has 20 heavy (non-hydrogen) atoms. The molecule has 1 aromatic heterocycles. The van der Waals surface area contributed by atoms with E-state index >= 15 is 0 Å². The predicted octanol–water partition coefficient (Wildman–Crippen LogP) is 3.57. The van der Waals surface area contributed by atoms with Crippen LogP contribution in [0.2, 0.25) is 0 Å². The van der Waals surface area contributed by atoms with Crippen LogP contribution in [0.5, 0.6) is 0 Å². The average molecular weight is 270 g/mol. The molecule has 0 saturated carbocycles. The zero-order valence-corrected chi connectivity index (χ0v) is 11.9. The Balaban J connectivity index is 2.23. The number of carboxylic acids is 1. The van der Waals surface area contributed by atoms with Crippen LogP contribution >= 0.6 is 0 Å². The van der Waals surface area contributed by atoms with Crippen molar-refractivity contribution in [2.75, 3.05) is 0 Å². The molecule has 4 heteroatoms.